The third kappa shape index (κ3) is 3.58. The maximum absolute atomic E-state index is 11.0. The summed E-state index contributed by atoms with van der Waals surface area (Å²) in [6.45, 7) is 4.65. The summed E-state index contributed by atoms with van der Waals surface area (Å²) in [7, 11) is 1.63. The molecule has 0 aromatic heterocycles. The average molecular weight is 207 g/mol. The lowest BCUT2D eigenvalue weighted by Gasteiger charge is -2.22. The van der Waals surface area contributed by atoms with E-state index in [4.69, 9.17) is 0 Å². The van der Waals surface area contributed by atoms with E-state index in [0.29, 0.717) is 13.1 Å². The van der Waals surface area contributed by atoms with Gasteiger partial charge in [-0.15, -0.1) is 0 Å². The molecule has 0 fully saturated rings. The standard InChI is InChI=1S/C11H17N3O/c1-9-7-10(2)14(8-13-9)6-4-5-11(15)12-3/h4,6-7H,5,8H2,1-3H3,(H,12,15)/b6-4-. The fraction of sp³-hybridized carbons (Fsp3) is 0.455. The summed E-state index contributed by atoms with van der Waals surface area (Å²) in [6, 6.07) is 0. The number of nitrogens with one attached hydrogen (secondary N) is 1. The van der Waals surface area contributed by atoms with Crippen LogP contribution in [0.3, 0.4) is 0 Å². The third-order valence-electron chi connectivity index (χ3n) is 2.21. The van der Waals surface area contributed by atoms with Gasteiger partial charge in [0, 0.05) is 31.1 Å². The topological polar surface area (TPSA) is 44.7 Å². The summed E-state index contributed by atoms with van der Waals surface area (Å²) in [5.74, 6) is 0.0181. The minimum atomic E-state index is 0.0181. The summed E-state index contributed by atoms with van der Waals surface area (Å²) in [5, 5.41) is 2.57. The van der Waals surface area contributed by atoms with Gasteiger partial charge in [0.25, 0.3) is 0 Å². The van der Waals surface area contributed by atoms with Crippen molar-refractivity contribution in [3.05, 3.63) is 24.0 Å². The van der Waals surface area contributed by atoms with Crippen molar-refractivity contribution in [3.63, 3.8) is 0 Å². The smallest absolute Gasteiger partial charge is 0.223 e. The monoisotopic (exact) mass is 207 g/mol. The molecule has 0 atom stereocenters. The Morgan fingerprint density at radius 3 is 3.00 bits per heavy atom. The third-order valence-corrected chi connectivity index (χ3v) is 2.21. The number of carbonyl (C=O) groups is 1. The molecule has 1 aliphatic heterocycles. The van der Waals surface area contributed by atoms with Crippen LogP contribution in [0.4, 0.5) is 0 Å². The van der Waals surface area contributed by atoms with Crippen LogP contribution in [0.25, 0.3) is 0 Å². The van der Waals surface area contributed by atoms with Gasteiger partial charge >= 0.3 is 0 Å². The number of aliphatic imine (C=N–C) groups is 1. The van der Waals surface area contributed by atoms with Crippen LogP contribution in [0.1, 0.15) is 20.3 Å². The Morgan fingerprint density at radius 1 is 1.67 bits per heavy atom. The van der Waals surface area contributed by atoms with Crippen molar-refractivity contribution in [3.8, 4) is 0 Å². The summed E-state index contributed by atoms with van der Waals surface area (Å²) in [4.78, 5) is 17.3. The number of hydrogen-bond acceptors (Lipinski definition) is 3. The van der Waals surface area contributed by atoms with Gasteiger partial charge in [-0.25, -0.2) is 0 Å². The first-order valence-electron chi connectivity index (χ1n) is 4.96. The first kappa shape index (κ1) is 11.5. The summed E-state index contributed by atoms with van der Waals surface area (Å²) in [6.07, 6.45) is 6.17. The Labute approximate surface area is 90.4 Å². The van der Waals surface area contributed by atoms with Crippen LogP contribution in [-0.2, 0) is 4.79 Å². The van der Waals surface area contributed by atoms with Gasteiger partial charge in [0.2, 0.25) is 5.91 Å². The van der Waals surface area contributed by atoms with E-state index in [1.807, 2.05) is 37.1 Å². The Hall–Kier alpha value is -1.58. The van der Waals surface area contributed by atoms with Crippen LogP contribution in [0.2, 0.25) is 0 Å². The van der Waals surface area contributed by atoms with E-state index < -0.39 is 0 Å². The van der Waals surface area contributed by atoms with Crippen LogP contribution < -0.4 is 5.32 Å². The Bertz CT molecular complexity index is 329. The maximum Gasteiger partial charge on any atom is 0.223 e. The number of nitrogens with zero attached hydrogens (tertiary/aromatic N) is 2. The van der Waals surface area contributed by atoms with Gasteiger partial charge in [-0.05, 0) is 19.9 Å². The molecular formula is C11H17N3O. The van der Waals surface area contributed by atoms with Crippen molar-refractivity contribution >= 4 is 11.6 Å². The lowest BCUT2D eigenvalue weighted by molar-refractivity contribution is -0.119. The van der Waals surface area contributed by atoms with Gasteiger partial charge in [-0.2, -0.15) is 0 Å². The molecule has 0 spiro atoms. The van der Waals surface area contributed by atoms with Crippen molar-refractivity contribution in [2.75, 3.05) is 13.7 Å². The first-order chi connectivity index (χ1) is 7.13. The van der Waals surface area contributed by atoms with Crippen molar-refractivity contribution in [2.24, 2.45) is 4.99 Å². The lowest BCUT2D eigenvalue weighted by atomic mass is 10.3. The van der Waals surface area contributed by atoms with Crippen LogP contribution in [0.5, 0.6) is 0 Å². The Kier molecular flexibility index (Phi) is 4.09. The maximum atomic E-state index is 11.0. The van der Waals surface area contributed by atoms with E-state index >= 15 is 0 Å². The van der Waals surface area contributed by atoms with E-state index in [1.54, 1.807) is 7.05 Å². The Morgan fingerprint density at radius 2 is 2.40 bits per heavy atom. The molecule has 0 bridgehead atoms. The molecule has 1 rings (SSSR count). The molecule has 15 heavy (non-hydrogen) atoms. The van der Waals surface area contributed by atoms with Crippen LogP contribution in [0.15, 0.2) is 29.0 Å². The molecule has 0 radical (unpaired) electrons. The second-order valence-electron chi connectivity index (χ2n) is 3.46. The van der Waals surface area contributed by atoms with E-state index in [1.165, 1.54) is 0 Å². The number of carbonyl (C=O) groups excluding carboxylic acids is 1. The second kappa shape index (κ2) is 5.34. The molecule has 0 aliphatic carbocycles. The highest BCUT2D eigenvalue weighted by molar-refractivity contribution is 5.93. The minimum Gasteiger partial charge on any atom is -0.359 e. The molecule has 0 unspecified atom stereocenters. The van der Waals surface area contributed by atoms with Gasteiger partial charge in [-0.3, -0.25) is 9.79 Å². The zero-order chi connectivity index (χ0) is 11.3. The van der Waals surface area contributed by atoms with Crippen molar-refractivity contribution < 1.29 is 4.79 Å². The molecule has 0 aromatic carbocycles. The largest absolute Gasteiger partial charge is 0.359 e. The molecule has 1 heterocycles. The molecule has 0 saturated carbocycles. The minimum absolute atomic E-state index is 0.0181. The van der Waals surface area contributed by atoms with Gasteiger partial charge in [0.15, 0.2) is 0 Å². The number of rotatable bonds is 3. The molecule has 0 aromatic rings. The second-order valence-corrected chi connectivity index (χ2v) is 3.46. The van der Waals surface area contributed by atoms with Crippen molar-refractivity contribution in [1.82, 2.24) is 10.2 Å². The van der Waals surface area contributed by atoms with Crippen LogP contribution in [0, 0.1) is 0 Å². The van der Waals surface area contributed by atoms with Gasteiger partial charge in [-0.1, -0.05) is 6.08 Å². The number of amides is 1. The summed E-state index contributed by atoms with van der Waals surface area (Å²) in [5.41, 5.74) is 2.19. The van der Waals surface area contributed by atoms with Gasteiger partial charge in [0.1, 0.15) is 6.67 Å². The van der Waals surface area contributed by atoms with E-state index in [0.717, 1.165) is 11.4 Å². The summed E-state index contributed by atoms with van der Waals surface area (Å²) >= 11 is 0. The van der Waals surface area contributed by atoms with Gasteiger partial charge < -0.3 is 10.2 Å². The summed E-state index contributed by atoms with van der Waals surface area (Å²) < 4.78 is 0. The predicted octanol–water partition coefficient (Wildman–Crippen LogP) is 1.27. The highest BCUT2D eigenvalue weighted by Gasteiger charge is 2.05. The molecule has 1 amide bonds. The zero-order valence-electron chi connectivity index (χ0n) is 9.45. The number of hydrogen-bond donors (Lipinski definition) is 1. The van der Waals surface area contributed by atoms with Crippen molar-refractivity contribution in [2.45, 2.75) is 20.3 Å². The lowest BCUT2D eigenvalue weighted by Crippen LogP contribution is -2.21. The van der Waals surface area contributed by atoms with E-state index in [9.17, 15) is 4.79 Å². The quantitative estimate of drug-likeness (QED) is 0.757. The fourth-order valence-electron chi connectivity index (χ4n) is 1.28. The fourth-order valence-corrected chi connectivity index (χ4v) is 1.28. The molecule has 1 N–H and O–H groups in total. The van der Waals surface area contributed by atoms with Gasteiger partial charge in [0.05, 0.1) is 0 Å². The average Bonchev–Trinajstić information content (AvgIpc) is 2.21. The number of allylic oxidation sites excluding steroid dienone is 2. The predicted molar refractivity (Wildman–Crippen MR) is 61.4 cm³/mol. The SMILES string of the molecule is CNC(=O)C/C=C\N1CN=C(C)C=C1C. The normalized spacial score (nSPS) is 16.3. The molecule has 1 aliphatic rings. The molecule has 4 nitrogen and oxygen atoms in total. The first-order valence-corrected chi connectivity index (χ1v) is 4.96. The van der Waals surface area contributed by atoms with Crippen molar-refractivity contribution in [1.29, 1.82) is 0 Å². The zero-order valence-corrected chi connectivity index (χ0v) is 9.45. The highest BCUT2D eigenvalue weighted by atomic mass is 16.1. The van der Waals surface area contributed by atoms with Crippen LogP contribution >= 0.6 is 0 Å². The Balaban J connectivity index is 2.47. The molecule has 4 heteroatoms. The van der Waals surface area contributed by atoms with E-state index in [2.05, 4.69) is 10.3 Å². The molecular weight excluding hydrogens is 190 g/mol. The molecule has 0 saturated heterocycles. The van der Waals surface area contributed by atoms with Crippen LogP contribution in [-0.4, -0.2) is 30.2 Å². The van der Waals surface area contributed by atoms with E-state index in [-0.39, 0.29) is 5.91 Å². The molecule has 82 valence electrons. The highest BCUT2D eigenvalue weighted by Crippen LogP contribution is 2.09.